The van der Waals surface area contributed by atoms with Gasteiger partial charge < -0.3 is 11.5 Å². The Hall–Kier alpha value is -0.0400. The van der Waals surface area contributed by atoms with Crippen LogP contribution in [0.1, 0.15) is 6.42 Å². The van der Waals surface area contributed by atoms with Crippen LogP contribution in [-0.2, 0) is 0 Å². The van der Waals surface area contributed by atoms with Gasteiger partial charge in [0.2, 0.25) is 0 Å². The van der Waals surface area contributed by atoms with Crippen molar-refractivity contribution in [3.05, 3.63) is 25.3 Å². The molecule has 15 heavy (non-hydrogen) atoms. The van der Waals surface area contributed by atoms with Crippen LogP contribution in [0.2, 0.25) is 0 Å². The fourth-order valence-electron chi connectivity index (χ4n) is 0.912. The van der Waals surface area contributed by atoms with E-state index in [1.807, 2.05) is 12.2 Å². The second kappa shape index (κ2) is 8.15. The van der Waals surface area contributed by atoms with Crippen molar-refractivity contribution in [2.24, 2.45) is 11.5 Å². The third kappa shape index (κ3) is 7.84. The van der Waals surface area contributed by atoms with Crippen LogP contribution in [0, 0.1) is 0 Å². The summed E-state index contributed by atoms with van der Waals surface area (Å²) < 4.78 is 0.839. The van der Waals surface area contributed by atoms with Gasteiger partial charge in [0.05, 0.1) is 0 Å². The molecule has 0 radical (unpaired) electrons. The molecular formula is C9H14N2S4. The molecule has 0 saturated heterocycles. The first-order chi connectivity index (χ1) is 6.99. The Balaban J connectivity index is 4.22. The Kier molecular flexibility index (Phi) is 8.13. The number of thiocarbonyl (C=S) groups is 2. The first kappa shape index (κ1) is 15.0. The molecule has 84 valence electrons. The van der Waals surface area contributed by atoms with Crippen LogP contribution in [0.25, 0.3) is 0 Å². The van der Waals surface area contributed by atoms with Crippen molar-refractivity contribution >= 4 is 56.6 Å². The Morgan fingerprint density at radius 1 is 1.07 bits per heavy atom. The summed E-state index contributed by atoms with van der Waals surface area (Å²) in [5.74, 6) is 0. The van der Waals surface area contributed by atoms with Crippen LogP contribution >= 0.6 is 48.0 Å². The van der Waals surface area contributed by atoms with Crippen molar-refractivity contribution in [1.29, 1.82) is 0 Å². The monoisotopic (exact) mass is 278 g/mol. The zero-order chi connectivity index (χ0) is 11.8. The molecule has 0 aromatic carbocycles. The molecule has 0 rings (SSSR count). The second-order valence-corrected chi connectivity index (χ2v) is 6.62. The van der Waals surface area contributed by atoms with E-state index < -0.39 is 0 Å². The van der Waals surface area contributed by atoms with E-state index in [1.165, 1.54) is 23.5 Å². The van der Waals surface area contributed by atoms with E-state index in [2.05, 4.69) is 13.2 Å². The molecule has 2 atom stereocenters. The van der Waals surface area contributed by atoms with Crippen LogP contribution in [0.3, 0.4) is 0 Å². The van der Waals surface area contributed by atoms with Gasteiger partial charge in [0.1, 0.15) is 8.64 Å². The maximum Gasteiger partial charge on any atom is 0.131 e. The summed E-state index contributed by atoms with van der Waals surface area (Å²) in [7, 11) is 0. The molecule has 0 heterocycles. The average molecular weight is 278 g/mol. The van der Waals surface area contributed by atoms with Crippen LogP contribution in [-0.4, -0.2) is 19.1 Å². The fourth-order valence-corrected chi connectivity index (χ4v) is 3.17. The molecule has 0 spiro atoms. The van der Waals surface area contributed by atoms with Crippen molar-refractivity contribution in [1.82, 2.24) is 0 Å². The first-order valence-electron chi connectivity index (χ1n) is 4.16. The van der Waals surface area contributed by atoms with Gasteiger partial charge in [0.15, 0.2) is 0 Å². The molecule has 0 bridgehead atoms. The summed E-state index contributed by atoms with van der Waals surface area (Å²) in [6, 6.07) is 0. The van der Waals surface area contributed by atoms with Gasteiger partial charge in [-0.05, 0) is 6.42 Å². The molecule has 0 aliphatic heterocycles. The number of rotatable bonds is 6. The first-order valence-corrected chi connectivity index (χ1v) is 6.74. The lowest BCUT2D eigenvalue weighted by molar-refractivity contribution is 0.908. The predicted molar refractivity (Wildman–Crippen MR) is 81.3 cm³/mol. The summed E-state index contributed by atoms with van der Waals surface area (Å²) in [5, 5.41) is 0.347. The predicted octanol–water partition coefficient (Wildman–Crippen LogP) is 2.44. The highest BCUT2D eigenvalue weighted by Gasteiger charge is 2.14. The van der Waals surface area contributed by atoms with Crippen LogP contribution in [0.5, 0.6) is 0 Å². The molecule has 2 nitrogen and oxygen atoms in total. The van der Waals surface area contributed by atoms with E-state index >= 15 is 0 Å². The zero-order valence-corrected chi connectivity index (χ0v) is 11.5. The molecule has 0 aliphatic rings. The number of hydrogen-bond acceptors (Lipinski definition) is 4. The van der Waals surface area contributed by atoms with Gasteiger partial charge in [-0.15, -0.1) is 13.2 Å². The van der Waals surface area contributed by atoms with E-state index in [9.17, 15) is 0 Å². The molecular weight excluding hydrogens is 264 g/mol. The van der Waals surface area contributed by atoms with Gasteiger partial charge in [-0.2, -0.15) is 0 Å². The average Bonchev–Trinajstić information content (AvgIpc) is 2.14. The highest BCUT2D eigenvalue weighted by Crippen LogP contribution is 2.24. The van der Waals surface area contributed by atoms with Gasteiger partial charge in [0, 0.05) is 10.5 Å². The normalized spacial score (nSPS) is 13.9. The molecule has 0 saturated carbocycles. The van der Waals surface area contributed by atoms with E-state index in [0.717, 1.165) is 6.42 Å². The van der Waals surface area contributed by atoms with Gasteiger partial charge in [-0.25, -0.2) is 0 Å². The third-order valence-corrected chi connectivity index (χ3v) is 3.94. The fraction of sp³-hybridized carbons (Fsp3) is 0.333. The van der Waals surface area contributed by atoms with E-state index in [1.54, 1.807) is 0 Å². The van der Waals surface area contributed by atoms with E-state index in [-0.39, 0.29) is 10.5 Å². The van der Waals surface area contributed by atoms with Crippen LogP contribution in [0.4, 0.5) is 0 Å². The Morgan fingerprint density at radius 2 is 1.40 bits per heavy atom. The van der Waals surface area contributed by atoms with Crippen LogP contribution < -0.4 is 11.5 Å². The topological polar surface area (TPSA) is 52.0 Å². The Bertz CT molecular complexity index is 239. The van der Waals surface area contributed by atoms with Gasteiger partial charge in [-0.3, -0.25) is 0 Å². The molecule has 0 amide bonds. The van der Waals surface area contributed by atoms with Crippen molar-refractivity contribution in [2.45, 2.75) is 16.9 Å². The summed E-state index contributed by atoms with van der Waals surface area (Å²) in [5.41, 5.74) is 10.9. The quantitative estimate of drug-likeness (QED) is 0.575. The molecule has 4 N–H and O–H groups in total. The van der Waals surface area contributed by atoms with Gasteiger partial charge in [-0.1, -0.05) is 60.1 Å². The lowest BCUT2D eigenvalue weighted by atomic mass is 10.2. The minimum Gasteiger partial charge on any atom is -0.385 e. The smallest absolute Gasteiger partial charge is 0.131 e. The number of thioether (sulfide) groups is 2. The molecule has 0 fully saturated rings. The van der Waals surface area contributed by atoms with Crippen LogP contribution in [0.15, 0.2) is 25.3 Å². The van der Waals surface area contributed by atoms with E-state index in [4.69, 9.17) is 35.9 Å². The summed E-state index contributed by atoms with van der Waals surface area (Å²) in [4.78, 5) is 0. The summed E-state index contributed by atoms with van der Waals surface area (Å²) >= 11 is 12.5. The van der Waals surface area contributed by atoms with Crippen molar-refractivity contribution in [3.8, 4) is 0 Å². The van der Waals surface area contributed by atoms with Crippen molar-refractivity contribution in [3.63, 3.8) is 0 Å². The highest BCUT2D eigenvalue weighted by molar-refractivity contribution is 8.24. The maximum atomic E-state index is 5.45. The van der Waals surface area contributed by atoms with Crippen molar-refractivity contribution in [2.75, 3.05) is 0 Å². The standard InChI is InChI=1S/C9H14N2S4/c1-3-6(14-8(10)12)5-7(4-2)15-9(11)13/h3-4,6-7H,1-2,5H2,(H2,10,12)(H2,11,13). The molecule has 2 unspecified atom stereocenters. The highest BCUT2D eigenvalue weighted by atomic mass is 32.2. The Labute approximate surface area is 110 Å². The molecule has 0 aromatic rings. The maximum absolute atomic E-state index is 5.45. The van der Waals surface area contributed by atoms with Gasteiger partial charge >= 0.3 is 0 Å². The second-order valence-electron chi connectivity index (χ2n) is 2.66. The molecule has 0 aliphatic carbocycles. The molecule has 6 heteroatoms. The summed E-state index contributed by atoms with van der Waals surface area (Å²) in [6.45, 7) is 7.47. The van der Waals surface area contributed by atoms with Gasteiger partial charge in [0.25, 0.3) is 0 Å². The SMILES string of the molecule is C=CC(CC(C=C)SC(N)=S)SC(N)=S. The number of nitrogens with two attached hydrogens (primary N) is 2. The third-order valence-electron chi connectivity index (χ3n) is 1.53. The minimum atomic E-state index is 0.173. The Morgan fingerprint density at radius 3 is 1.60 bits per heavy atom. The molecule has 0 aromatic heterocycles. The largest absolute Gasteiger partial charge is 0.385 e. The lowest BCUT2D eigenvalue weighted by Crippen LogP contribution is -2.16. The number of hydrogen-bond donors (Lipinski definition) is 2. The van der Waals surface area contributed by atoms with Crippen molar-refractivity contribution < 1.29 is 0 Å². The lowest BCUT2D eigenvalue weighted by Gasteiger charge is -2.16. The van der Waals surface area contributed by atoms with E-state index in [0.29, 0.717) is 8.64 Å². The minimum absolute atomic E-state index is 0.173. The zero-order valence-electron chi connectivity index (χ0n) is 8.22. The summed E-state index contributed by atoms with van der Waals surface area (Å²) in [6.07, 6.45) is 4.46.